The molecule has 0 aromatic heterocycles. The van der Waals surface area contributed by atoms with Gasteiger partial charge in [-0.05, 0) is 50.6 Å². The van der Waals surface area contributed by atoms with Crippen molar-refractivity contribution in [3.8, 4) is 5.75 Å². The number of aryl methyl sites for hydroxylation is 1. The molecule has 1 saturated heterocycles. The first kappa shape index (κ1) is 16.1. The first-order valence-corrected chi connectivity index (χ1v) is 8.11. The smallest absolute Gasteiger partial charge is 0.142 e. The highest BCUT2D eigenvalue weighted by Gasteiger charge is 2.12. The van der Waals surface area contributed by atoms with E-state index in [2.05, 4.69) is 35.9 Å². The van der Waals surface area contributed by atoms with Crippen molar-refractivity contribution in [1.82, 2.24) is 9.80 Å². The third-order valence-corrected chi connectivity index (χ3v) is 4.07. The molecule has 4 nitrogen and oxygen atoms in total. The van der Waals surface area contributed by atoms with Gasteiger partial charge < -0.3 is 20.3 Å². The summed E-state index contributed by atoms with van der Waals surface area (Å²) in [5.41, 5.74) is 8.13. The van der Waals surface area contributed by atoms with Crippen LogP contribution in [0.2, 0.25) is 0 Å². The van der Waals surface area contributed by atoms with Crippen LogP contribution in [0, 0.1) is 0 Å². The number of piperazine rings is 1. The summed E-state index contributed by atoms with van der Waals surface area (Å²) in [6.07, 6.45) is 3.29. The summed E-state index contributed by atoms with van der Waals surface area (Å²) in [5, 5.41) is 0. The SMILES string of the molecule is CCCOc1ccc(CCCN2CCN(C)CC2)cc1N. The van der Waals surface area contributed by atoms with Crippen LogP contribution < -0.4 is 10.5 Å². The van der Waals surface area contributed by atoms with Gasteiger partial charge >= 0.3 is 0 Å². The summed E-state index contributed by atoms with van der Waals surface area (Å²) in [5.74, 6) is 0.819. The number of likely N-dealkylation sites (N-methyl/N-ethyl adjacent to an activating group) is 1. The molecule has 21 heavy (non-hydrogen) atoms. The Morgan fingerprint density at radius 1 is 1.19 bits per heavy atom. The first-order valence-electron chi connectivity index (χ1n) is 8.11. The molecule has 0 atom stereocenters. The van der Waals surface area contributed by atoms with Crippen LogP contribution in [0.15, 0.2) is 18.2 Å². The third kappa shape index (κ3) is 5.21. The maximum absolute atomic E-state index is 6.05. The van der Waals surface area contributed by atoms with E-state index in [9.17, 15) is 0 Å². The normalized spacial score (nSPS) is 17.0. The van der Waals surface area contributed by atoms with Gasteiger partial charge in [-0.15, -0.1) is 0 Å². The number of ether oxygens (including phenoxy) is 1. The zero-order valence-electron chi connectivity index (χ0n) is 13.5. The molecule has 1 aliphatic heterocycles. The maximum Gasteiger partial charge on any atom is 0.142 e. The van der Waals surface area contributed by atoms with Gasteiger partial charge in [0.15, 0.2) is 0 Å². The fourth-order valence-corrected chi connectivity index (χ4v) is 2.68. The molecule has 2 N–H and O–H groups in total. The van der Waals surface area contributed by atoms with Crippen LogP contribution in [0.5, 0.6) is 5.75 Å². The van der Waals surface area contributed by atoms with E-state index in [0.29, 0.717) is 0 Å². The minimum Gasteiger partial charge on any atom is -0.491 e. The largest absolute Gasteiger partial charge is 0.491 e. The van der Waals surface area contributed by atoms with Crippen molar-refractivity contribution < 1.29 is 4.74 Å². The number of anilines is 1. The maximum atomic E-state index is 6.05. The van der Waals surface area contributed by atoms with Gasteiger partial charge in [-0.3, -0.25) is 0 Å². The van der Waals surface area contributed by atoms with Gasteiger partial charge in [-0.2, -0.15) is 0 Å². The van der Waals surface area contributed by atoms with Crippen molar-refractivity contribution in [2.24, 2.45) is 0 Å². The third-order valence-electron chi connectivity index (χ3n) is 4.07. The Morgan fingerprint density at radius 3 is 2.62 bits per heavy atom. The minimum absolute atomic E-state index is 0.729. The van der Waals surface area contributed by atoms with Crippen LogP contribution in [-0.4, -0.2) is 56.2 Å². The van der Waals surface area contributed by atoms with E-state index in [-0.39, 0.29) is 0 Å². The number of benzene rings is 1. The van der Waals surface area contributed by atoms with Gasteiger partial charge in [0.25, 0.3) is 0 Å². The summed E-state index contributed by atoms with van der Waals surface area (Å²) in [6, 6.07) is 6.22. The van der Waals surface area contributed by atoms with Gasteiger partial charge in [0.05, 0.1) is 12.3 Å². The average Bonchev–Trinajstić information content (AvgIpc) is 2.48. The van der Waals surface area contributed by atoms with Crippen LogP contribution in [0.3, 0.4) is 0 Å². The summed E-state index contributed by atoms with van der Waals surface area (Å²) >= 11 is 0. The van der Waals surface area contributed by atoms with Crippen LogP contribution >= 0.6 is 0 Å². The summed E-state index contributed by atoms with van der Waals surface area (Å²) in [7, 11) is 2.20. The number of rotatable bonds is 7. The van der Waals surface area contributed by atoms with E-state index >= 15 is 0 Å². The molecule has 0 saturated carbocycles. The molecule has 1 aliphatic rings. The molecule has 0 unspecified atom stereocenters. The molecule has 2 rings (SSSR count). The molecular weight excluding hydrogens is 262 g/mol. The second kappa shape index (κ2) is 8.25. The highest BCUT2D eigenvalue weighted by atomic mass is 16.5. The lowest BCUT2D eigenvalue weighted by atomic mass is 10.1. The van der Waals surface area contributed by atoms with Crippen molar-refractivity contribution >= 4 is 5.69 Å². The molecule has 0 bridgehead atoms. The highest BCUT2D eigenvalue weighted by Crippen LogP contribution is 2.23. The molecule has 0 radical (unpaired) electrons. The second-order valence-electron chi connectivity index (χ2n) is 5.97. The number of nitrogens with zero attached hydrogens (tertiary/aromatic N) is 2. The summed E-state index contributed by atoms with van der Waals surface area (Å²) in [6.45, 7) is 8.79. The lowest BCUT2D eigenvalue weighted by molar-refractivity contribution is 0.153. The molecule has 1 fully saturated rings. The van der Waals surface area contributed by atoms with Gasteiger partial charge in [0.1, 0.15) is 5.75 Å². The number of nitrogen functional groups attached to an aromatic ring is 1. The van der Waals surface area contributed by atoms with Gasteiger partial charge in [-0.1, -0.05) is 13.0 Å². The molecule has 4 heteroatoms. The molecule has 1 aromatic carbocycles. The molecule has 0 aliphatic carbocycles. The van der Waals surface area contributed by atoms with Crippen LogP contribution in [0.1, 0.15) is 25.3 Å². The Labute approximate surface area is 128 Å². The highest BCUT2D eigenvalue weighted by molar-refractivity contribution is 5.54. The van der Waals surface area contributed by atoms with Crippen molar-refractivity contribution in [2.45, 2.75) is 26.2 Å². The van der Waals surface area contributed by atoms with Crippen LogP contribution in [-0.2, 0) is 6.42 Å². The predicted octanol–water partition coefficient (Wildman–Crippen LogP) is 2.24. The first-order chi connectivity index (χ1) is 10.2. The Balaban J connectivity index is 1.74. The molecule has 1 aromatic rings. The van der Waals surface area contributed by atoms with Crippen molar-refractivity contribution in [3.05, 3.63) is 23.8 Å². The van der Waals surface area contributed by atoms with E-state index in [0.717, 1.165) is 30.9 Å². The summed E-state index contributed by atoms with van der Waals surface area (Å²) < 4.78 is 5.61. The number of hydrogen-bond acceptors (Lipinski definition) is 4. The van der Waals surface area contributed by atoms with Gasteiger partial charge in [0.2, 0.25) is 0 Å². The van der Waals surface area contributed by atoms with Crippen molar-refractivity contribution in [2.75, 3.05) is 52.1 Å². The zero-order valence-corrected chi connectivity index (χ0v) is 13.5. The Kier molecular flexibility index (Phi) is 6.33. The van der Waals surface area contributed by atoms with E-state index in [1.165, 1.54) is 44.7 Å². The van der Waals surface area contributed by atoms with E-state index in [1.807, 2.05) is 6.07 Å². The van der Waals surface area contributed by atoms with Crippen molar-refractivity contribution in [3.63, 3.8) is 0 Å². The van der Waals surface area contributed by atoms with Crippen molar-refractivity contribution in [1.29, 1.82) is 0 Å². The monoisotopic (exact) mass is 291 g/mol. The fourth-order valence-electron chi connectivity index (χ4n) is 2.68. The lowest BCUT2D eigenvalue weighted by Gasteiger charge is -2.32. The number of nitrogens with two attached hydrogens (primary N) is 1. The Bertz CT molecular complexity index is 428. The van der Waals surface area contributed by atoms with Gasteiger partial charge in [-0.25, -0.2) is 0 Å². The molecule has 0 amide bonds. The van der Waals surface area contributed by atoms with E-state index in [1.54, 1.807) is 0 Å². The van der Waals surface area contributed by atoms with E-state index < -0.39 is 0 Å². The summed E-state index contributed by atoms with van der Waals surface area (Å²) in [4.78, 5) is 4.95. The molecule has 1 heterocycles. The molecular formula is C17H29N3O. The lowest BCUT2D eigenvalue weighted by Crippen LogP contribution is -2.44. The quantitative estimate of drug-likeness (QED) is 0.782. The molecule has 118 valence electrons. The van der Waals surface area contributed by atoms with Crippen LogP contribution in [0.4, 0.5) is 5.69 Å². The number of hydrogen-bond donors (Lipinski definition) is 1. The van der Waals surface area contributed by atoms with Crippen LogP contribution in [0.25, 0.3) is 0 Å². The van der Waals surface area contributed by atoms with Gasteiger partial charge in [0, 0.05) is 26.2 Å². The van der Waals surface area contributed by atoms with E-state index in [4.69, 9.17) is 10.5 Å². The fraction of sp³-hybridized carbons (Fsp3) is 0.647. The topological polar surface area (TPSA) is 41.7 Å². The predicted molar refractivity (Wildman–Crippen MR) is 88.9 cm³/mol. The zero-order chi connectivity index (χ0) is 15.1. The minimum atomic E-state index is 0.729. The molecule has 0 spiro atoms. The Hall–Kier alpha value is -1.26. The standard InChI is InChI=1S/C17H29N3O/c1-3-13-21-17-7-6-15(14-16(17)18)5-4-8-20-11-9-19(2)10-12-20/h6-7,14H,3-5,8-13,18H2,1-2H3. The average molecular weight is 291 g/mol. The Morgan fingerprint density at radius 2 is 1.95 bits per heavy atom. The second-order valence-corrected chi connectivity index (χ2v) is 5.97.